The van der Waals surface area contributed by atoms with Crippen molar-refractivity contribution in [2.45, 2.75) is 24.9 Å². The number of aldehydes is 1. The molecular weight excluding hydrogens is 233 g/mol. The molecule has 5 heteroatoms. The van der Waals surface area contributed by atoms with Crippen molar-refractivity contribution < 1.29 is 22.7 Å². The number of aryl methyl sites for hydroxylation is 1. The summed E-state index contributed by atoms with van der Waals surface area (Å²) in [6.45, 7) is 0. The van der Waals surface area contributed by atoms with Gasteiger partial charge in [-0.05, 0) is 36.1 Å². The van der Waals surface area contributed by atoms with Crippen LogP contribution in [0.2, 0.25) is 0 Å². The second kappa shape index (κ2) is 4.05. The molecule has 0 saturated carbocycles. The Hall–Kier alpha value is -1.52. The number of alkyl halides is 3. The van der Waals surface area contributed by atoms with Crippen LogP contribution in [0.1, 0.15) is 33.8 Å². The quantitative estimate of drug-likeness (QED) is 0.747. The first-order valence-corrected chi connectivity index (χ1v) is 5.20. The van der Waals surface area contributed by atoms with Crippen molar-refractivity contribution in [3.8, 4) is 5.75 Å². The van der Waals surface area contributed by atoms with E-state index in [-0.39, 0.29) is 17.5 Å². The lowest BCUT2D eigenvalue weighted by Gasteiger charge is -2.16. The van der Waals surface area contributed by atoms with E-state index < -0.39 is 12.1 Å². The molecule has 1 aliphatic rings. The highest BCUT2D eigenvalue weighted by Crippen LogP contribution is 2.45. The lowest BCUT2D eigenvalue weighted by molar-refractivity contribution is -0.149. The first-order valence-electron chi connectivity index (χ1n) is 5.20. The molecule has 0 heterocycles. The summed E-state index contributed by atoms with van der Waals surface area (Å²) in [5.74, 6) is -1.12. The number of fused-ring (bicyclic) bond motifs is 1. The molecule has 0 saturated heterocycles. The largest absolute Gasteiger partial charge is 0.496 e. The topological polar surface area (TPSA) is 26.3 Å². The van der Waals surface area contributed by atoms with E-state index >= 15 is 0 Å². The van der Waals surface area contributed by atoms with E-state index in [9.17, 15) is 18.0 Å². The Labute approximate surface area is 96.4 Å². The van der Waals surface area contributed by atoms with Crippen LogP contribution in [-0.4, -0.2) is 19.6 Å². The van der Waals surface area contributed by atoms with Crippen molar-refractivity contribution in [1.82, 2.24) is 0 Å². The molecule has 1 aliphatic carbocycles. The van der Waals surface area contributed by atoms with Gasteiger partial charge in [0.25, 0.3) is 0 Å². The lowest BCUT2D eigenvalue weighted by Crippen LogP contribution is -2.18. The average molecular weight is 244 g/mol. The summed E-state index contributed by atoms with van der Waals surface area (Å²) in [4.78, 5) is 10.8. The summed E-state index contributed by atoms with van der Waals surface area (Å²) in [6.07, 6.45) is -3.32. The molecule has 0 bridgehead atoms. The van der Waals surface area contributed by atoms with E-state index in [0.29, 0.717) is 24.0 Å². The first kappa shape index (κ1) is 12.0. The maximum Gasteiger partial charge on any atom is 0.395 e. The van der Waals surface area contributed by atoms with Crippen molar-refractivity contribution in [2.24, 2.45) is 0 Å². The Morgan fingerprint density at radius 1 is 1.41 bits per heavy atom. The van der Waals surface area contributed by atoms with Gasteiger partial charge in [-0.3, -0.25) is 4.79 Å². The van der Waals surface area contributed by atoms with Crippen LogP contribution >= 0.6 is 0 Å². The maximum absolute atomic E-state index is 12.7. The number of benzene rings is 1. The third-order valence-corrected chi connectivity index (χ3v) is 3.09. The van der Waals surface area contributed by atoms with E-state index in [2.05, 4.69) is 0 Å². The molecule has 0 radical (unpaired) electrons. The molecule has 2 rings (SSSR count). The molecule has 1 aromatic rings. The lowest BCUT2D eigenvalue weighted by atomic mass is 9.98. The Bertz CT molecular complexity index is 452. The maximum atomic E-state index is 12.7. The van der Waals surface area contributed by atoms with Gasteiger partial charge in [0.15, 0.2) is 6.29 Å². The van der Waals surface area contributed by atoms with Gasteiger partial charge in [-0.15, -0.1) is 0 Å². The van der Waals surface area contributed by atoms with Crippen LogP contribution in [0.15, 0.2) is 12.1 Å². The smallest absolute Gasteiger partial charge is 0.395 e. The SMILES string of the molecule is COc1cc2c(cc1C=O)C(C(F)(F)F)CC2. The zero-order valence-electron chi connectivity index (χ0n) is 9.17. The third-order valence-electron chi connectivity index (χ3n) is 3.09. The van der Waals surface area contributed by atoms with Crippen LogP contribution < -0.4 is 4.74 Å². The molecule has 1 unspecified atom stereocenters. The minimum absolute atomic E-state index is 0.0459. The second-order valence-electron chi connectivity index (χ2n) is 4.04. The fraction of sp³-hybridized carbons (Fsp3) is 0.417. The molecule has 1 atom stereocenters. The van der Waals surface area contributed by atoms with Crippen LogP contribution in [0.25, 0.3) is 0 Å². The van der Waals surface area contributed by atoms with Gasteiger partial charge in [-0.1, -0.05) is 0 Å². The zero-order chi connectivity index (χ0) is 12.6. The molecule has 0 aliphatic heterocycles. The van der Waals surface area contributed by atoms with Gasteiger partial charge in [-0.2, -0.15) is 13.2 Å². The third kappa shape index (κ3) is 2.01. The molecule has 0 aromatic heterocycles. The van der Waals surface area contributed by atoms with Crippen molar-refractivity contribution in [3.05, 3.63) is 28.8 Å². The highest BCUT2D eigenvalue weighted by atomic mass is 19.4. The normalized spacial score (nSPS) is 18.9. The minimum Gasteiger partial charge on any atom is -0.496 e. The van der Waals surface area contributed by atoms with Crippen LogP contribution in [0.5, 0.6) is 5.75 Å². The summed E-state index contributed by atoms with van der Waals surface area (Å²) in [5, 5.41) is 0. The van der Waals surface area contributed by atoms with Crippen molar-refractivity contribution in [3.63, 3.8) is 0 Å². The van der Waals surface area contributed by atoms with Crippen molar-refractivity contribution in [2.75, 3.05) is 7.11 Å². The number of rotatable bonds is 2. The van der Waals surface area contributed by atoms with E-state index in [4.69, 9.17) is 4.74 Å². The van der Waals surface area contributed by atoms with Gasteiger partial charge in [-0.25, -0.2) is 0 Å². The molecule has 1 aromatic carbocycles. The van der Waals surface area contributed by atoms with Crippen LogP contribution in [-0.2, 0) is 6.42 Å². The van der Waals surface area contributed by atoms with Crippen LogP contribution in [0.4, 0.5) is 13.2 Å². The minimum atomic E-state index is -4.25. The predicted octanol–water partition coefficient (Wildman–Crippen LogP) is 3.10. The number of methoxy groups -OCH3 is 1. The van der Waals surface area contributed by atoms with E-state index in [0.717, 1.165) is 0 Å². The van der Waals surface area contributed by atoms with Gasteiger partial charge in [0.05, 0.1) is 18.6 Å². The van der Waals surface area contributed by atoms with Gasteiger partial charge < -0.3 is 4.74 Å². The summed E-state index contributed by atoms with van der Waals surface area (Å²) in [7, 11) is 1.39. The Balaban J connectivity index is 2.50. The predicted molar refractivity (Wildman–Crippen MR) is 55.5 cm³/mol. The Kier molecular flexibility index (Phi) is 2.85. The number of carbonyl (C=O) groups is 1. The molecule has 92 valence electrons. The van der Waals surface area contributed by atoms with E-state index in [1.165, 1.54) is 19.2 Å². The number of halogens is 3. The van der Waals surface area contributed by atoms with Gasteiger partial charge in [0.1, 0.15) is 5.75 Å². The summed E-state index contributed by atoms with van der Waals surface area (Å²) < 4.78 is 43.2. The fourth-order valence-corrected chi connectivity index (χ4v) is 2.26. The van der Waals surface area contributed by atoms with E-state index in [1.54, 1.807) is 0 Å². The first-order chi connectivity index (χ1) is 7.97. The number of ether oxygens (including phenoxy) is 1. The van der Waals surface area contributed by atoms with Gasteiger partial charge in [0, 0.05) is 0 Å². The molecule has 2 nitrogen and oxygen atoms in total. The molecule has 0 N–H and O–H groups in total. The number of carbonyl (C=O) groups excluding carboxylic acids is 1. The molecule has 0 fully saturated rings. The summed E-state index contributed by atoms with van der Waals surface area (Å²) >= 11 is 0. The van der Waals surface area contributed by atoms with Gasteiger partial charge >= 0.3 is 6.18 Å². The highest BCUT2D eigenvalue weighted by Gasteiger charge is 2.44. The second-order valence-corrected chi connectivity index (χ2v) is 4.04. The van der Waals surface area contributed by atoms with E-state index in [1.807, 2.05) is 0 Å². The highest BCUT2D eigenvalue weighted by molar-refractivity contribution is 5.80. The molecular formula is C12H11F3O2. The molecule has 0 amide bonds. The zero-order valence-corrected chi connectivity index (χ0v) is 9.17. The van der Waals surface area contributed by atoms with Crippen LogP contribution in [0, 0.1) is 0 Å². The Morgan fingerprint density at radius 2 is 2.12 bits per heavy atom. The van der Waals surface area contributed by atoms with Crippen molar-refractivity contribution >= 4 is 6.29 Å². The number of hydrogen-bond donors (Lipinski definition) is 0. The number of hydrogen-bond acceptors (Lipinski definition) is 2. The average Bonchev–Trinajstić information content (AvgIpc) is 2.69. The monoisotopic (exact) mass is 244 g/mol. The van der Waals surface area contributed by atoms with Crippen molar-refractivity contribution in [1.29, 1.82) is 0 Å². The summed E-state index contributed by atoms with van der Waals surface area (Å²) in [6, 6.07) is 2.83. The molecule has 17 heavy (non-hydrogen) atoms. The standard InChI is InChI=1S/C12H11F3O2/c1-17-11-5-7-2-3-10(12(13,14)15)9(7)4-8(11)6-16/h4-6,10H,2-3H2,1H3. The Morgan fingerprint density at radius 3 is 2.65 bits per heavy atom. The van der Waals surface area contributed by atoms with Crippen LogP contribution in [0.3, 0.4) is 0 Å². The molecule has 0 spiro atoms. The fourth-order valence-electron chi connectivity index (χ4n) is 2.26. The van der Waals surface area contributed by atoms with Gasteiger partial charge in [0.2, 0.25) is 0 Å². The summed E-state index contributed by atoms with van der Waals surface area (Å²) in [5.41, 5.74) is 0.998.